The molecule has 0 aliphatic heterocycles. The molecular formula is C66H82N8O8S. The highest BCUT2D eigenvalue weighted by molar-refractivity contribution is 7.12. The summed E-state index contributed by atoms with van der Waals surface area (Å²) < 4.78 is 0. The first kappa shape index (κ1) is 71.8. The van der Waals surface area contributed by atoms with Crippen LogP contribution in [0.2, 0.25) is 0 Å². The normalized spacial score (nSPS) is 10.3. The van der Waals surface area contributed by atoms with Gasteiger partial charge in [-0.05, 0) is 45.8 Å². The molecule has 16 nitrogen and oxygen atoms in total. The van der Waals surface area contributed by atoms with Gasteiger partial charge >= 0.3 is 11.9 Å². The number of rotatable bonds is 20. The average Bonchev–Trinajstić information content (AvgIpc) is 4.14. The monoisotopic (exact) mass is 1150 g/mol. The van der Waals surface area contributed by atoms with Gasteiger partial charge in [-0.25, -0.2) is 19.9 Å². The van der Waals surface area contributed by atoms with Gasteiger partial charge in [0.2, 0.25) is 11.8 Å². The Kier molecular flexibility index (Phi) is 35.4. The fourth-order valence-corrected chi connectivity index (χ4v) is 7.91. The van der Waals surface area contributed by atoms with Crippen molar-refractivity contribution in [3.05, 3.63) is 203 Å². The predicted molar refractivity (Wildman–Crippen MR) is 336 cm³/mol. The molecule has 0 aliphatic carbocycles. The van der Waals surface area contributed by atoms with E-state index in [1.165, 1.54) is 11.3 Å². The average molecular weight is 1150 g/mol. The van der Waals surface area contributed by atoms with Crippen LogP contribution in [-0.2, 0) is 32.0 Å². The number of aromatic nitrogens is 4. The number of carbonyl (C=O) groups excluding carboxylic acids is 4. The number of amides is 4. The second-order valence-electron chi connectivity index (χ2n) is 16.4. The maximum absolute atomic E-state index is 12.8. The lowest BCUT2D eigenvalue weighted by Gasteiger charge is -2.19. The molecule has 8 rings (SSSR count). The van der Waals surface area contributed by atoms with E-state index in [1.807, 2.05) is 165 Å². The van der Waals surface area contributed by atoms with E-state index in [-0.39, 0.29) is 65.4 Å². The fourth-order valence-electron chi connectivity index (χ4n) is 7.28. The molecule has 440 valence electrons. The van der Waals surface area contributed by atoms with Gasteiger partial charge in [0.15, 0.2) is 11.6 Å². The third-order valence-corrected chi connectivity index (χ3v) is 12.0. The minimum Gasteiger partial charge on any atom is -0.481 e. The van der Waals surface area contributed by atoms with E-state index in [1.54, 1.807) is 72.6 Å². The molecule has 3 aromatic heterocycles. The molecule has 0 spiro atoms. The van der Waals surface area contributed by atoms with Crippen LogP contribution in [0.15, 0.2) is 182 Å². The maximum atomic E-state index is 12.8. The zero-order valence-corrected chi connectivity index (χ0v) is 48.1. The van der Waals surface area contributed by atoms with Crippen molar-refractivity contribution in [2.75, 3.05) is 13.1 Å². The lowest BCUT2D eigenvalue weighted by molar-refractivity contribution is -0.138. The minimum absolute atomic E-state index is 0. The molecule has 17 heteroatoms. The molecule has 0 radical (unpaired) electrons. The Morgan fingerprint density at radius 3 is 1.11 bits per heavy atom. The SMILES string of the molecule is C.C.CC.CC.CC.CC.O=C(O)CCNC(=O)C(Cc1ccc(-c2ncc(-c3ccccc3)cn2)cc1)NC(=O)c1ccccc1.O=C(O)CCNC(=O)C(Cc1ccc(-c2ncc(-c3ccccc3)cn2)cc1)NC(=O)c1cccs1. The molecule has 6 N–H and O–H groups in total. The smallest absolute Gasteiger partial charge is 0.305 e. The Balaban J connectivity index is 0.000000726. The van der Waals surface area contributed by atoms with Gasteiger partial charge in [-0.2, -0.15) is 0 Å². The molecule has 2 unspecified atom stereocenters. The van der Waals surface area contributed by atoms with Crippen LogP contribution in [0.4, 0.5) is 0 Å². The van der Waals surface area contributed by atoms with Gasteiger partial charge in [0.25, 0.3) is 11.8 Å². The van der Waals surface area contributed by atoms with E-state index in [2.05, 4.69) is 41.2 Å². The molecule has 2 atom stereocenters. The number of carbonyl (C=O) groups is 6. The molecule has 5 aromatic carbocycles. The van der Waals surface area contributed by atoms with Crippen LogP contribution in [0.5, 0.6) is 0 Å². The first-order chi connectivity index (χ1) is 39.5. The molecule has 0 aliphatic rings. The maximum Gasteiger partial charge on any atom is 0.305 e. The van der Waals surface area contributed by atoms with Crippen molar-refractivity contribution in [3.8, 4) is 45.0 Å². The summed E-state index contributed by atoms with van der Waals surface area (Å²) in [4.78, 5) is 90.8. The number of hydrogen-bond donors (Lipinski definition) is 6. The van der Waals surface area contributed by atoms with Crippen molar-refractivity contribution >= 4 is 46.9 Å². The van der Waals surface area contributed by atoms with Crippen LogP contribution in [0.3, 0.4) is 0 Å². The third-order valence-electron chi connectivity index (χ3n) is 11.1. The molecule has 0 saturated heterocycles. The van der Waals surface area contributed by atoms with E-state index < -0.39 is 35.8 Å². The zero-order valence-electron chi connectivity index (χ0n) is 47.3. The Morgan fingerprint density at radius 2 is 0.771 bits per heavy atom. The first-order valence-corrected chi connectivity index (χ1v) is 28.0. The number of carboxylic acids is 2. The molecule has 83 heavy (non-hydrogen) atoms. The summed E-state index contributed by atoms with van der Waals surface area (Å²) in [5.41, 5.74) is 7.63. The Morgan fingerprint density at radius 1 is 0.422 bits per heavy atom. The first-order valence-electron chi connectivity index (χ1n) is 27.1. The highest BCUT2D eigenvalue weighted by Crippen LogP contribution is 2.23. The Hall–Kier alpha value is -9.22. The predicted octanol–water partition coefficient (Wildman–Crippen LogP) is 12.9. The quantitative estimate of drug-likeness (QED) is 0.0417. The van der Waals surface area contributed by atoms with Crippen LogP contribution >= 0.6 is 11.3 Å². The Labute approximate surface area is 494 Å². The van der Waals surface area contributed by atoms with E-state index in [0.29, 0.717) is 22.1 Å². The van der Waals surface area contributed by atoms with Crippen LogP contribution in [0, 0.1) is 0 Å². The number of carboxylic acid groups (broad SMARTS) is 2. The summed E-state index contributed by atoms with van der Waals surface area (Å²) in [6.45, 7) is 16.0. The molecule has 3 heterocycles. The van der Waals surface area contributed by atoms with E-state index in [0.717, 1.165) is 44.5 Å². The lowest BCUT2D eigenvalue weighted by Crippen LogP contribution is -2.48. The van der Waals surface area contributed by atoms with Crippen molar-refractivity contribution in [1.29, 1.82) is 0 Å². The van der Waals surface area contributed by atoms with Crippen LogP contribution in [-0.4, -0.2) is 90.9 Å². The van der Waals surface area contributed by atoms with E-state index in [9.17, 15) is 28.8 Å². The van der Waals surface area contributed by atoms with Crippen LogP contribution in [0.1, 0.15) is 114 Å². The second kappa shape index (κ2) is 40.9. The van der Waals surface area contributed by atoms with E-state index >= 15 is 0 Å². The summed E-state index contributed by atoms with van der Waals surface area (Å²) in [7, 11) is 0. The van der Waals surface area contributed by atoms with Crippen molar-refractivity contribution in [1.82, 2.24) is 41.2 Å². The molecule has 0 bridgehead atoms. The van der Waals surface area contributed by atoms with Gasteiger partial charge in [-0.1, -0.05) is 204 Å². The number of nitrogens with one attached hydrogen (secondary N) is 4. The summed E-state index contributed by atoms with van der Waals surface area (Å²) in [6, 6.07) is 45.0. The second-order valence-corrected chi connectivity index (χ2v) is 17.3. The number of aliphatic carboxylic acids is 2. The van der Waals surface area contributed by atoms with Crippen LogP contribution in [0.25, 0.3) is 45.0 Å². The zero-order chi connectivity index (χ0) is 59.4. The van der Waals surface area contributed by atoms with Gasteiger partial charge in [0.1, 0.15) is 12.1 Å². The largest absolute Gasteiger partial charge is 0.481 e. The van der Waals surface area contributed by atoms with Gasteiger partial charge in [0.05, 0.1) is 17.7 Å². The molecule has 4 amide bonds. The van der Waals surface area contributed by atoms with Gasteiger partial charge in [-0.15, -0.1) is 11.3 Å². The van der Waals surface area contributed by atoms with Gasteiger partial charge < -0.3 is 31.5 Å². The fraction of sp³-hybridized carbons (Fsp3) is 0.273. The van der Waals surface area contributed by atoms with Crippen molar-refractivity contribution in [2.45, 2.75) is 108 Å². The number of hydrogen-bond acceptors (Lipinski definition) is 11. The molecule has 0 fully saturated rings. The summed E-state index contributed by atoms with van der Waals surface area (Å²) in [5, 5.41) is 30.2. The number of thiophene rings is 1. The van der Waals surface area contributed by atoms with Crippen molar-refractivity contribution in [2.24, 2.45) is 0 Å². The molecule has 0 saturated carbocycles. The summed E-state index contributed by atoms with van der Waals surface area (Å²) in [6.07, 6.45) is 7.18. The van der Waals surface area contributed by atoms with Crippen molar-refractivity contribution in [3.63, 3.8) is 0 Å². The van der Waals surface area contributed by atoms with Gasteiger partial charge in [0, 0.05) is 78.5 Å². The highest BCUT2D eigenvalue weighted by Gasteiger charge is 2.24. The minimum atomic E-state index is -1.01. The Bertz CT molecular complexity index is 3080. The third kappa shape index (κ3) is 24.6. The standard InChI is InChI=1S/C29H26N4O4.C27H24N4O4S.4C2H6.2CH4/c34-26(35)15-16-30-29(37)25(33-28(36)23-9-5-2-6-10-23)17-20-11-13-22(14-12-20)27-31-18-24(19-32-27)21-7-3-1-4-8-21;32-24(33)12-13-28-26(34)22(31-27(35)23-7-4-14-36-23)15-18-8-10-20(11-9-18)25-29-16-21(17-30-25)19-5-2-1-3-6-19;4*1-2;;/h1-14,18-19,25H,15-17H2,(H,30,37)(H,33,36)(H,34,35);1-11,14,16-17,22H,12-13,15H2,(H,28,34)(H,31,35)(H,32,33);4*1-2H3;2*1H4. The number of nitrogens with zero attached hydrogens (tertiary/aromatic N) is 4. The topological polar surface area (TPSA) is 243 Å². The number of benzene rings is 5. The summed E-state index contributed by atoms with van der Waals surface area (Å²) in [5.74, 6) is -2.50. The lowest BCUT2D eigenvalue weighted by atomic mass is 10.0. The highest BCUT2D eigenvalue weighted by atomic mass is 32.1. The molecule has 8 aromatic rings. The van der Waals surface area contributed by atoms with Crippen molar-refractivity contribution < 1.29 is 39.0 Å². The van der Waals surface area contributed by atoms with E-state index in [4.69, 9.17) is 10.2 Å². The van der Waals surface area contributed by atoms with Crippen LogP contribution < -0.4 is 21.3 Å². The van der Waals surface area contributed by atoms with Gasteiger partial charge in [-0.3, -0.25) is 28.8 Å². The summed E-state index contributed by atoms with van der Waals surface area (Å²) >= 11 is 1.28. The molecular weight excluding hydrogens is 1060 g/mol.